The van der Waals surface area contributed by atoms with Crippen molar-refractivity contribution < 1.29 is 9.47 Å². The molecule has 1 heterocycles. The van der Waals surface area contributed by atoms with E-state index in [-0.39, 0.29) is 5.60 Å². The summed E-state index contributed by atoms with van der Waals surface area (Å²) in [6.07, 6.45) is 1.10. The van der Waals surface area contributed by atoms with Crippen molar-refractivity contribution in [3.8, 4) is 0 Å². The van der Waals surface area contributed by atoms with Gasteiger partial charge in [0.2, 0.25) is 0 Å². The first-order valence-corrected chi connectivity index (χ1v) is 5.94. The molecule has 0 spiro atoms. The van der Waals surface area contributed by atoms with Gasteiger partial charge in [0.25, 0.3) is 0 Å². The van der Waals surface area contributed by atoms with Gasteiger partial charge in [0.15, 0.2) is 0 Å². The molecule has 0 unspecified atom stereocenters. The lowest BCUT2D eigenvalue weighted by molar-refractivity contribution is -0.0561. The second kappa shape index (κ2) is 4.98. The fraction of sp³-hybridized carbons (Fsp3) is 0.571. The summed E-state index contributed by atoms with van der Waals surface area (Å²) in [5.74, 6) is 0.658. The van der Waals surface area contributed by atoms with Crippen LogP contribution >= 0.6 is 0 Å². The Kier molecular flexibility index (Phi) is 3.62. The van der Waals surface area contributed by atoms with Crippen LogP contribution in [-0.2, 0) is 16.1 Å². The highest BCUT2D eigenvalue weighted by Gasteiger charge is 2.34. The minimum absolute atomic E-state index is 0.0752. The fourth-order valence-corrected chi connectivity index (χ4v) is 2.26. The molecule has 2 rings (SSSR count). The van der Waals surface area contributed by atoms with Gasteiger partial charge < -0.3 is 9.47 Å². The summed E-state index contributed by atoms with van der Waals surface area (Å²) >= 11 is 0. The molecule has 0 aromatic heterocycles. The molecule has 0 saturated carbocycles. The molecular formula is C14H20O2. The Bertz CT molecular complexity index is 323. The predicted molar refractivity (Wildman–Crippen MR) is 64.2 cm³/mol. The normalized spacial score (nSPS) is 29.5. The Morgan fingerprint density at radius 2 is 2.12 bits per heavy atom. The van der Waals surface area contributed by atoms with E-state index in [9.17, 15) is 0 Å². The largest absolute Gasteiger partial charge is 0.374 e. The maximum absolute atomic E-state index is 5.77. The molecule has 0 bridgehead atoms. The predicted octanol–water partition coefficient (Wildman–Crippen LogP) is 3.02. The summed E-state index contributed by atoms with van der Waals surface area (Å²) in [6.45, 7) is 6.59. The van der Waals surface area contributed by atoms with E-state index in [0.717, 1.165) is 13.0 Å². The van der Waals surface area contributed by atoms with Crippen LogP contribution < -0.4 is 0 Å². The summed E-state index contributed by atoms with van der Waals surface area (Å²) in [5, 5.41) is 0. The highest BCUT2D eigenvalue weighted by Crippen LogP contribution is 2.29. The average molecular weight is 220 g/mol. The number of rotatable bonds is 4. The van der Waals surface area contributed by atoms with E-state index < -0.39 is 0 Å². The van der Waals surface area contributed by atoms with Crippen LogP contribution in [0.15, 0.2) is 30.3 Å². The van der Waals surface area contributed by atoms with Crippen molar-refractivity contribution in [3.05, 3.63) is 35.9 Å². The quantitative estimate of drug-likeness (QED) is 0.776. The zero-order valence-electron chi connectivity index (χ0n) is 10.1. The zero-order chi connectivity index (χ0) is 11.4. The zero-order valence-corrected chi connectivity index (χ0v) is 10.1. The lowest BCUT2D eigenvalue weighted by Gasteiger charge is -2.23. The van der Waals surface area contributed by atoms with Gasteiger partial charge in [-0.25, -0.2) is 0 Å². The first-order chi connectivity index (χ1) is 7.68. The van der Waals surface area contributed by atoms with Crippen molar-refractivity contribution >= 4 is 0 Å². The molecule has 2 heteroatoms. The van der Waals surface area contributed by atoms with Crippen molar-refractivity contribution in [2.45, 2.75) is 32.5 Å². The van der Waals surface area contributed by atoms with E-state index >= 15 is 0 Å². The Hall–Kier alpha value is -0.860. The second-order valence-electron chi connectivity index (χ2n) is 5.05. The molecule has 2 atom stereocenters. The van der Waals surface area contributed by atoms with Crippen LogP contribution in [0.3, 0.4) is 0 Å². The SMILES string of the molecule is C[C@H]1CO[C@](C)(COCc2ccccc2)C1. The molecule has 0 radical (unpaired) electrons. The number of ether oxygens (including phenoxy) is 2. The second-order valence-corrected chi connectivity index (χ2v) is 5.05. The van der Waals surface area contributed by atoms with Crippen LogP contribution in [0.1, 0.15) is 25.8 Å². The smallest absolute Gasteiger partial charge is 0.0890 e. The Labute approximate surface area is 97.6 Å². The lowest BCUT2D eigenvalue weighted by atomic mass is 9.98. The van der Waals surface area contributed by atoms with Crippen LogP contribution in [0.5, 0.6) is 0 Å². The van der Waals surface area contributed by atoms with E-state index in [2.05, 4.69) is 26.0 Å². The number of hydrogen-bond donors (Lipinski definition) is 0. The van der Waals surface area contributed by atoms with E-state index in [1.165, 1.54) is 5.56 Å². The molecule has 16 heavy (non-hydrogen) atoms. The van der Waals surface area contributed by atoms with Crippen molar-refractivity contribution in [2.75, 3.05) is 13.2 Å². The molecule has 1 saturated heterocycles. The van der Waals surface area contributed by atoms with Gasteiger partial charge in [-0.05, 0) is 24.8 Å². The Balaban J connectivity index is 1.76. The van der Waals surface area contributed by atoms with E-state index in [1.807, 2.05) is 18.2 Å². The molecule has 0 N–H and O–H groups in total. The lowest BCUT2D eigenvalue weighted by Crippen LogP contribution is -2.29. The molecule has 1 aromatic rings. The molecule has 1 fully saturated rings. The third-order valence-corrected chi connectivity index (χ3v) is 3.02. The summed E-state index contributed by atoms with van der Waals surface area (Å²) in [7, 11) is 0. The van der Waals surface area contributed by atoms with Gasteiger partial charge >= 0.3 is 0 Å². The molecule has 88 valence electrons. The minimum atomic E-state index is -0.0752. The average Bonchev–Trinajstić information content (AvgIpc) is 2.60. The molecule has 2 nitrogen and oxygen atoms in total. The third kappa shape index (κ3) is 3.06. The molecule has 1 aromatic carbocycles. The number of benzene rings is 1. The van der Waals surface area contributed by atoms with Gasteiger partial charge in [-0.15, -0.1) is 0 Å². The van der Waals surface area contributed by atoms with Crippen molar-refractivity contribution in [2.24, 2.45) is 5.92 Å². The van der Waals surface area contributed by atoms with E-state index in [1.54, 1.807) is 0 Å². The van der Waals surface area contributed by atoms with Crippen LogP contribution in [-0.4, -0.2) is 18.8 Å². The van der Waals surface area contributed by atoms with Crippen LogP contribution in [0.25, 0.3) is 0 Å². The van der Waals surface area contributed by atoms with Gasteiger partial charge in [0, 0.05) is 0 Å². The summed E-state index contributed by atoms with van der Waals surface area (Å²) in [6, 6.07) is 10.3. The van der Waals surface area contributed by atoms with Crippen LogP contribution in [0, 0.1) is 5.92 Å². The monoisotopic (exact) mass is 220 g/mol. The van der Waals surface area contributed by atoms with E-state index in [0.29, 0.717) is 19.1 Å². The molecular weight excluding hydrogens is 200 g/mol. The van der Waals surface area contributed by atoms with Gasteiger partial charge in [-0.3, -0.25) is 0 Å². The highest BCUT2D eigenvalue weighted by molar-refractivity contribution is 5.13. The Morgan fingerprint density at radius 3 is 2.75 bits per heavy atom. The fourth-order valence-electron chi connectivity index (χ4n) is 2.26. The Morgan fingerprint density at radius 1 is 1.38 bits per heavy atom. The molecule has 0 aliphatic carbocycles. The standard InChI is InChI=1S/C14H20O2/c1-12-8-14(2,16-9-12)11-15-10-13-6-4-3-5-7-13/h3-7,12H,8-11H2,1-2H3/t12-,14+/m1/s1. The topological polar surface area (TPSA) is 18.5 Å². The van der Waals surface area contributed by atoms with Crippen molar-refractivity contribution in [1.82, 2.24) is 0 Å². The van der Waals surface area contributed by atoms with Gasteiger partial charge in [-0.1, -0.05) is 37.3 Å². The van der Waals surface area contributed by atoms with Crippen LogP contribution in [0.4, 0.5) is 0 Å². The van der Waals surface area contributed by atoms with Crippen molar-refractivity contribution in [3.63, 3.8) is 0 Å². The summed E-state index contributed by atoms with van der Waals surface area (Å²) < 4.78 is 11.5. The summed E-state index contributed by atoms with van der Waals surface area (Å²) in [5.41, 5.74) is 1.14. The van der Waals surface area contributed by atoms with E-state index in [4.69, 9.17) is 9.47 Å². The first-order valence-electron chi connectivity index (χ1n) is 5.94. The molecule has 1 aliphatic heterocycles. The third-order valence-electron chi connectivity index (χ3n) is 3.02. The molecule has 1 aliphatic rings. The van der Waals surface area contributed by atoms with Gasteiger partial charge in [-0.2, -0.15) is 0 Å². The molecule has 0 amide bonds. The van der Waals surface area contributed by atoms with Gasteiger partial charge in [0.1, 0.15) is 0 Å². The highest BCUT2D eigenvalue weighted by atomic mass is 16.5. The maximum atomic E-state index is 5.77. The first kappa shape index (κ1) is 11.6. The summed E-state index contributed by atoms with van der Waals surface area (Å²) in [4.78, 5) is 0. The number of hydrogen-bond acceptors (Lipinski definition) is 2. The van der Waals surface area contributed by atoms with Crippen molar-refractivity contribution in [1.29, 1.82) is 0 Å². The van der Waals surface area contributed by atoms with Gasteiger partial charge in [0.05, 0.1) is 25.4 Å². The maximum Gasteiger partial charge on any atom is 0.0890 e. The van der Waals surface area contributed by atoms with Crippen LogP contribution in [0.2, 0.25) is 0 Å². The minimum Gasteiger partial charge on any atom is -0.374 e.